The molecule has 3 heterocycles. The van der Waals surface area contributed by atoms with Crippen LogP contribution in [0.3, 0.4) is 0 Å². The lowest BCUT2D eigenvalue weighted by molar-refractivity contribution is -0.310. The van der Waals surface area contributed by atoms with Crippen LogP contribution < -0.4 is 5.14 Å². The molecule has 3 rings (SSSR count). The second-order valence-electron chi connectivity index (χ2n) is 6.94. The van der Waals surface area contributed by atoms with Crippen LogP contribution in [0.4, 0.5) is 0 Å². The van der Waals surface area contributed by atoms with E-state index in [-0.39, 0.29) is 12.7 Å². The van der Waals surface area contributed by atoms with Gasteiger partial charge in [0.1, 0.15) is 24.4 Å². The lowest BCUT2D eigenvalue weighted by Crippen LogP contribution is -2.63. The number of ether oxygens (including phenoxy) is 5. The predicted octanol–water partition coefficient (Wildman–Crippen LogP) is -0.00690. The number of fused-ring (bicyclic) bond motifs is 3. The number of hydrogen-bond donors (Lipinski definition) is 1. The van der Waals surface area contributed by atoms with Crippen LogP contribution in [0.25, 0.3) is 0 Å². The van der Waals surface area contributed by atoms with Crippen molar-refractivity contribution in [3.05, 3.63) is 0 Å². The van der Waals surface area contributed by atoms with Gasteiger partial charge in [-0.2, -0.15) is 8.42 Å². The van der Waals surface area contributed by atoms with Crippen LogP contribution in [0.15, 0.2) is 0 Å². The SMILES string of the molecule is C[C@@H](OS(N)(=O)=O)[C@@]12OC[C@H]3OC(C)(C)O[C@H]3[C@@H]1OC(C)(C)O2. The number of rotatable bonds is 3. The molecule has 3 fully saturated rings. The topological polar surface area (TPSA) is 116 Å². The molecule has 0 radical (unpaired) electrons. The summed E-state index contributed by atoms with van der Waals surface area (Å²) in [5.74, 6) is -3.26. The summed E-state index contributed by atoms with van der Waals surface area (Å²) in [4.78, 5) is 0. The van der Waals surface area contributed by atoms with Gasteiger partial charge in [-0.05, 0) is 34.6 Å². The van der Waals surface area contributed by atoms with E-state index in [1.54, 1.807) is 27.7 Å². The molecule has 9 nitrogen and oxygen atoms in total. The Bertz CT molecular complexity index is 591. The zero-order valence-corrected chi connectivity index (χ0v) is 14.6. The standard InChI is InChI=1S/C13H23NO8S/c1-7(21-23(14,15)16)13-10(20-12(4,5)22-13)9-8(6-17-13)18-11(2,3)19-9/h7-10H,6H2,1-5H3,(H2,14,15,16)/t7-,8-,9-,10+,13+/m1/s1. The molecule has 0 spiro atoms. The molecule has 0 aromatic heterocycles. The summed E-state index contributed by atoms with van der Waals surface area (Å²) in [5, 5.41) is 4.98. The van der Waals surface area contributed by atoms with Crippen LogP contribution in [0.5, 0.6) is 0 Å². The molecule has 23 heavy (non-hydrogen) atoms. The third-order valence-corrected chi connectivity index (χ3v) is 4.61. The van der Waals surface area contributed by atoms with Crippen LogP contribution in [0.2, 0.25) is 0 Å². The van der Waals surface area contributed by atoms with E-state index in [1.807, 2.05) is 0 Å². The van der Waals surface area contributed by atoms with Crippen LogP contribution in [-0.2, 0) is 38.2 Å². The molecule has 10 heteroatoms. The zero-order chi connectivity index (χ0) is 17.3. The largest absolute Gasteiger partial charge is 0.342 e. The molecule has 0 aromatic carbocycles. The van der Waals surface area contributed by atoms with E-state index >= 15 is 0 Å². The third-order valence-electron chi connectivity index (χ3n) is 4.05. The summed E-state index contributed by atoms with van der Waals surface area (Å²) in [6.07, 6.45) is -2.58. The van der Waals surface area contributed by atoms with Gasteiger partial charge in [0.15, 0.2) is 11.6 Å². The average molecular weight is 353 g/mol. The minimum atomic E-state index is -4.19. The molecule has 3 aliphatic rings. The van der Waals surface area contributed by atoms with Gasteiger partial charge in [-0.1, -0.05) is 0 Å². The van der Waals surface area contributed by atoms with E-state index in [0.29, 0.717) is 0 Å². The molecule has 5 atom stereocenters. The molecule has 0 saturated carbocycles. The van der Waals surface area contributed by atoms with Crippen molar-refractivity contribution >= 4 is 10.3 Å². The molecule has 2 N–H and O–H groups in total. The first-order chi connectivity index (χ1) is 10.3. The second kappa shape index (κ2) is 5.09. The molecule has 134 valence electrons. The van der Waals surface area contributed by atoms with Gasteiger partial charge in [0.25, 0.3) is 0 Å². The van der Waals surface area contributed by atoms with E-state index in [0.717, 1.165) is 0 Å². The first kappa shape index (κ1) is 17.5. The Labute approximate surface area is 135 Å². The molecule has 0 amide bonds. The average Bonchev–Trinajstić information content (AvgIpc) is 2.79. The van der Waals surface area contributed by atoms with Crippen LogP contribution in [0.1, 0.15) is 34.6 Å². The van der Waals surface area contributed by atoms with Gasteiger partial charge in [0, 0.05) is 0 Å². The van der Waals surface area contributed by atoms with E-state index in [9.17, 15) is 8.42 Å². The lowest BCUT2D eigenvalue weighted by atomic mass is 9.93. The lowest BCUT2D eigenvalue weighted by Gasteiger charge is -2.43. The highest BCUT2D eigenvalue weighted by atomic mass is 32.2. The van der Waals surface area contributed by atoms with Crippen LogP contribution in [0, 0.1) is 0 Å². The Kier molecular flexibility index (Phi) is 3.87. The highest BCUT2D eigenvalue weighted by molar-refractivity contribution is 7.84. The first-order valence-electron chi connectivity index (χ1n) is 7.42. The predicted molar refractivity (Wildman–Crippen MR) is 76.2 cm³/mol. The smallest absolute Gasteiger partial charge is 0.333 e. The van der Waals surface area contributed by atoms with Crippen LogP contribution in [-0.4, -0.2) is 56.8 Å². The van der Waals surface area contributed by atoms with Crippen molar-refractivity contribution in [1.29, 1.82) is 0 Å². The van der Waals surface area contributed by atoms with Crippen molar-refractivity contribution in [2.75, 3.05) is 6.61 Å². The Morgan fingerprint density at radius 2 is 1.78 bits per heavy atom. The Morgan fingerprint density at radius 1 is 1.13 bits per heavy atom. The van der Waals surface area contributed by atoms with Gasteiger partial charge < -0.3 is 23.7 Å². The van der Waals surface area contributed by atoms with Gasteiger partial charge >= 0.3 is 10.3 Å². The maximum Gasteiger partial charge on any atom is 0.333 e. The summed E-state index contributed by atoms with van der Waals surface area (Å²) in [5.41, 5.74) is 0. The van der Waals surface area contributed by atoms with Crippen molar-refractivity contribution in [3.63, 3.8) is 0 Å². The summed E-state index contributed by atoms with van der Waals surface area (Å²) in [6.45, 7) is 8.65. The van der Waals surface area contributed by atoms with E-state index in [4.69, 9.17) is 33.0 Å². The van der Waals surface area contributed by atoms with Gasteiger partial charge in [-0.15, -0.1) is 0 Å². The molecule has 0 unspecified atom stereocenters. The molecular formula is C13H23NO8S. The van der Waals surface area contributed by atoms with E-state index < -0.39 is 46.0 Å². The Hall–Kier alpha value is -0.330. The molecule has 3 saturated heterocycles. The third kappa shape index (κ3) is 3.14. The maximum absolute atomic E-state index is 11.3. The Balaban J connectivity index is 1.94. The highest BCUT2D eigenvalue weighted by Gasteiger charge is 2.68. The van der Waals surface area contributed by atoms with Gasteiger partial charge in [-0.3, -0.25) is 0 Å². The maximum atomic E-state index is 11.3. The molecule has 0 aromatic rings. The second-order valence-corrected chi connectivity index (χ2v) is 8.12. The summed E-state index contributed by atoms with van der Waals surface area (Å²) in [7, 11) is -4.19. The monoisotopic (exact) mass is 353 g/mol. The van der Waals surface area contributed by atoms with Crippen molar-refractivity contribution in [2.45, 2.75) is 76.4 Å². The van der Waals surface area contributed by atoms with Gasteiger partial charge in [0.05, 0.1) is 6.61 Å². The zero-order valence-electron chi connectivity index (χ0n) is 13.8. The van der Waals surface area contributed by atoms with Crippen molar-refractivity contribution in [1.82, 2.24) is 0 Å². The normalized spacial score (nSPS) is 43.0. The van der Waals surface area contributed by atoms with Crippen molar-refractivity contribution in [3.8, 4) is 0 Å². The van der Waals surface area contributed by atoms with Crippen LogP contribution >= 0.6 is 0 Å². The molecule has 0 bridgehead atoms. The quantitative estimate of drug-likeness (QED) is 0.753. The molecule has 0 aliphatic carbocycles. The fraction of sp³-hybridized carbons (Fsp3) is 1.00. The van der Waals surface area contributed by atoms with Gasteiger partial charge in [0.2, 0.25) is 5.79 Å². The van der Waals surface area contributed by atoms with E-state index in [2.05, 4.69) is 0 Å². The highest BCUT2D eigenvalue weighted by Crippen LogP contribution is 2.49. The number of hydrogen-bond acceptors (Lipinski definition) is 8. The van der Waals surface area contributed by atoms with Crippen molar-refractivity contribution < 1.29 is 36.3 Å². The fourth-order valence-electron chi connectivity index (χ4n) is 3.42. The summed E-state index contributed by atoms with van der Waals surface area (Å²) in [6, 6.07) is 0. The minimum absolute atomic E-state index is 0.155. The molecular weight excluding hydrogens is 330 g/mol. The summed E-state index contributed by atoms with van der Waals surface area (Å²) < 4.78 is 56.9. The Morgan fingerprint density at radius 3 is 2.39 bits per heavy atom. The van der Waals surface area contributed by atoms with Gasteiger partial charge in [-0.25, -0.2) is 9.32 Å². The summed E-state index contributed by atoms with van der Waals surface area (Å²) >= 11 is 0. The van der Waals surface area contributed by atoms with Crippen molar-refractivity contribution in [2.24, 2.45) is 5.14 Å². The minimum Gasteiger partial charge on any atom is -0.342 e. The number of nitrogens with two attached hydrogens (primary N) is 1. The van der Waals surface area contributed by atoms with E-state index in [1.165, 1.54) is 6.92 Å². The fourth-order valence-corrected chi connectivity index (χ4v) is 3.96. The first-order valence-corrected chi connectivity index (χ1v) is 8.89. The molecule has 3 aliphatic heterocycles.